The zero-order valence-corrected chi connectivity index (χ0v) is 15.4. The van der Waals surface area contributed by atoms with Crippen LogP contribution in [0.5, 0.6) is 0 Å². The highest BCUT2D eigenvalue weighted by Gasteiger charge is 2.35. The van der Waals surface area contributed by atoms with Crippen LogP contribution in [0, 0.1) is 0 Å². The summed E-state index contributed by atoms with van der Waals surface area (Å²) in [6, 6.07) is 7.07. The Hall–Kier alpha value is -0.950. The van der Waals surface area contributed by atoms with E-state index in [1.165, 1.54) is 0 Å². The molecule has 1 aromatic carbocycles. The molecular formula is C18H27NO4S. The van der Waals surface area contributed by atoms with Gasteiger partial charge in [-0.05, 0) is 42.4 Å². The van der Waals surface area contributed by atoms with Crippen molar-refractivity contribution in [3.8, 4) is 0 Å². The van der Waals surface area contributed by atoms with E-state index in [9.17, 15) is 8.42 Å². The minimum atomic E-state index is -3.51. The van der Waals surface area contributed by atoms with E-state index in [1.807, 2.05) is 12.1 Å². The molecule has 1 aliphatic heterocycles. The van der Waals surface area contributed by atoms with Crippen LogP contribution < -0.4 is 4.72 Å². The highest BCUT2D eigenvalue weighted by molar-refractivity contribution is 7.89. The molecule has 0 spiro atoms. The molecule has 1 aliphatic carbocycles. The summed E-state index contributed by atoms with van der Waals surface area (Å²) in [7, 11) is -3.51. The summed E-state index contributed by atoms with van der Waals surface area (Å²) in [5.74, 6) is 0. The van der Waals surface area contributed by atoms with Crippen LogP contribution in [-0.4, -0.2) is 39.9 Å². The van der Waals surface area contributed by atoms with Crippen LogP contribution in [0.3, 0.4) is 0 Å². The molecule has 0 bridgehead atoms. The van der Waals surface area contributed by atoms with Crippen LogP contribution >= 0.6 is 0 Å². The molecule has 134 valence electrons. The van der Waals surface area contributed by atoms with Crippen molar-refractivity contribution in [3.63, 3.8) is 0 Å². The van der Waals surface area contributed by atoms with E-state index in [0.717, 1.165) is 18.4 Å². The SMILES string of the molecule is CC(C)(C)c1ccc(S(=O)(=O)NC2CCC3OCCOC3C2)cc1. The first-order valence-electron chi connectivity index (χ1n) is 8.62. The zero-order valence-electron chi connectivity index (χ0n) is 14.6. The third kappa shape index (κ3) is 3.99. The summed E-state index contributed by atoms with van der Waals surface area (Å²) in [5, 5.41) is 0. The molecule has 1 aromatic rings. The fourth-order valence-electron chi connectivity index (χ4n) is 3.39. The van der Waals surface area contributed by atoms with Crippen molar-refractivity contribution in [3.05, 3.63) is 29.8 Å². The second-order valence-corrected chi connectivity index (χ2v) is 9.44. The number of nitrogens with one attached hydrogen (secondary N) is 1. The Bertz CT molecular complexity index is 663. The van der Waals surface area contributed by atoms with Gasteiger partial charge in [-0.1, -0.05) is 32.9 Å². The molecule has 1 N–H and O–H groups in total. The van der Waals surface area contributed by atoms with Crippen molar-refractivity contribution in [2.45, 2.75) is 68.6 Å². The Kier molecular flexibility index (Phi) is 5.02. The van der Waals surface area contributed by atoms with Gasteiger partial charge in [0.1, 0.15) is 0 Å². The van der Waals surface area contributed by atoms with E-state index in [-0.39, 0.29) is 23.7 Å². The highest BCUT2D eigenvalue weighted by Crippen LogP contribution is 2.28. The quantitative estimate of drug-likeness (QED) is 0.907. The van der Waals surface area contributed by atoms with Gasteiger partial charge in [0, 0.05) is 6.04 Å². The second-order valence-electron chi connectivity index (χ2n) is 7.72. The minimum absolute atomic E-state index is 0.00321. The minimum Gasteiger partial charge on any atom is -0.373 e. The molecule has 2 aliphatic rings. The largest absolute Gasteiger partial charge is 0.373 e. The number of hydrogen-bond acceptors (Lipinski definition) is 4. The van der Waals surface area contributed by atoms with Gasteiger partial charge in [-0.25, -0.2) is 13.1 Å². The van der Waals surface area contributed by atoms with Gasteiger partial charge >= 0.3 is 0 Å². The van der Waals surface area contributed by atoms with Gasteiger partial charge in [0.15, 0.2) is 0 Å². The Morgan fingerprint density at radius 2 is 1.62 bits per heavy atom. The molecule has 24 heavy (non-hydrogen) atoms. The van der Waals surface area contributed by atoms with Gasteiger partial charge in [-0.2, -0.15) is 0 Å². The maximum absolute atomic E-state index is 12.6. The first kappa shape index (κ1) is 17.9. The topological polar surface area (TPSA) is 64.6 Å². The first-order valence-corrected chi connectivity index (χ1v) is 10.1. The fourth-order valence-corrected chi connectivity index (χ4v) is 4.68. The van der Waals surface area contributed by atoms with Crippen molar-refractivity contribution in [1.29, 1.82) is 0 Å². The Labute approximate surface area is 144 Å². The molecule has 0 amide bonds. The van der Waals surface area contributed by atoms with Gasteiger partial charge < -0.3 is 9.47 Å². The normalized spacial score (nSPS) is 28.4. The van der Waals surface area contributed by atoms with Crippen LogP contribution in [0.2, 0.25) is 0 Å². The second kappa shape index (κ2) is 6.75. The van der Waals surface area contributed by atoms with Gasteiger partial charge in [-0.15, -0.1) is 0 Å². The third-order valence-electron chi connectivity index (χ3n) is 4.83. The average Bonchev–Trinajstić information content (AvgIpc) is 2.54. The molecule has 3 atom stereocenters. The van der Waals surface area contributed by atoms with Crippen molar-refractivity contribution >= 4 is 10.0 Å². The van der Waals surface area contributed by atoms with Gasteiger partial charge in [0.25, 0.3) is 0 Å². The summed E-state index contributed by atoms with van der Waals surface area (Å²) >= 11 is 0. The van der Waals surface area contributed by atoms with Gasteiger partial charge in [0.2, 0.25) is 10.0 Å². The maximum Gasteiger partial charge on any atom is 0.240 e. The number of rotatable bonds is 3. The van der Waals surface area contributed by atoms with E-state index in [4.69, 9.17) is 9.47 Å². The lowest BCUT2D eigenvalue weighted by Gasteiger charge is -2.38. The first-order chi connectivity index (χ1) is 11.3. The summed E-state index contributed by atoms with van der Waals surface area (Å²) in [4.78, 5) is 0.318. The van der Waals surface area contributed by atoms with E-state index in [0.29, 0.717) is 24.5 Å². The molecule has 0 radical (unpaired) electrons. The number of fused-ring (bicyclic) bond motifs is 1. The molecule has 5 nitrogen and oxygen atoms in total. The lowest BCUT2D eigenvalue weighted by Crippen LogP contribution is -2.49. The van der Waals surface area contributed by atoms with E-state index in [2.05, 4.69) is 25.5 Å². The van der Waals surface area contributed by atoms with Crippen LogP contribution in [0.1, 0.15) is 45.6 Å². The fraction of sp³-hybridized carbons (Fsp3) is 0.667. The van der Waals surface area contributed by atoms with Crippen LogP contribution in [-0.2, 0) is 24.9 Å². The van der Waals surface area contributed by atoms with Crippen LogP contribution in [0.15, 0.2) is 29.2 Å². The van der Waals surface area contributed by atoms with Crippen molar-refractivity contribution in [2.75, 3.05) is 13.2 Å². The smallest absolute Gasteiger partial charge is 0.240 e. The summed E-state index contributed by atoms with van der Waals surface area (Å²) in [5.41, 5.74) is 1.13. The molecule has 3 rings (SSSR count). The molecule has 0 aromatic heterocycles. The molecule has 1 heterocycles. The van der Waals surface area contributed by atoms with E-state index in [1.54, 1.807) is 12.1 Å². The van der Waals surface area contributed by atoms with Crippen molar-refractivity contribution < 1.29 is 17.9 Å². The molecule has 1 saturated heterocycles. The standard InChI is InChI=1S/C18H27NO4S/c1-18(2,3)13-4-7-15(8-5-13)24(20,21)19-14-6-9-16-17(12-14)23-11-10-22-16/h4-5,7-8,14,16-17,19H,6,9-12H2,1-3H3. The highest BCUT2D eigenvalue weighted by atomic mass is 32.2. The number of sulfonamides is 1. The number of hydrogen-bond donors (Lipinski definition) is 1. The molecule has 3 unspecified atom stereocenters. The van der Waals surface area contributed by atoms with Gasteiger partial charge in [-0.3, -0.25) is 0 Å². The van der Waals surface area contributed by atoms with E-state index < -0.39 is 10.0 Å². The average molecular weight is 353 g/mol. The lowest BCUT2D eigenvalue weighted by atomic mass is 9.87. The Morgan fingerprint density at radius 1 is 1.00 bits per heavy atom. The van der Waals surface area contributed by atoms with Crippen molar-refractivity contribution in [1.82, 2.24) is 4.72 Å². The van der Waals surface area contributed by atoms with E-state index >= 15 is 0 Å². The summed E-state index contributed by atoms with van der Waals surface area (Å²) in [6.07, 6.45) is 2.41. The zero-order chi connectivity index (χ0) is 17.4. The molecular weight excluding hydrogens is 326 g/mol. The molecule has 6 heteroatoms. The predicted molar refractivity (Wildman–Crippen MR) is 92.6 cm³/mol. The Balaban J connectivity index is 1.67. The summed E-state index contributed by atoms with van der Waals surface area (Å²) in [6.45, 7) is 7.56. The van der Waals surface area contributed by atoms with Crippen molar-refractivity contribution in [2.24, 2.45) is 0 Å². The third-order valence-corrected chi connectivity index (χ3v) is 6.37. The summed E-state index contributed by atoms with van der Waals surface area (Å²) < 4.78 is 39.5. The number of benzene rings is 1. The van der Waals surface area contributed by atoms with Crippen LogP contribution in [0.25, 0.3) is 0 Å². The lowest BCUT2D eigenvalue weighted by molar-refractivity contribution is -0.156. The Morgan fingerprint density at radius 3 is 2.25 bits per heavy atom. The predicted octanol–water partition coefficient (Wildman–Crippen LogP) is 2.60. The molecule has 2 fully saturated rings. The maximum atomic E-state index is 12.6. The van der Waals surface area contributed by atoms with Crippen LogP contribution in [0.4, 0.5) is 0 Å². The number of ether oxygens (including phenoxy) is 2. The van der Waals surface area contributed by atoms with Gasteiger partial charge in [0.05, 0.1) is 30.3 Å². The molecule has 1 saturated carbocycles. The monoisotopic (exact) mass is 353 g/mol.